The molecule has 1 aliphatic rings. The summed E-state index contributed by atoms with van der Waals surface area (Å²) in [5.74, 6) is 0.645. The van der Waals surface area contributed by atoms with Crippen LogP contribution in [0.3, 0.4) is 0 Å². The van der Waals surface area contributed by atoms with Crippen molar-refractivity contribution in [3.8, 4) is 0 Å². The molecular formula is C8H18O6P2. The van der Waals surface area contributed by atoms with E-state index in [4.69, 9.17) is 18.8 Å². The maximum absolute atomic E-state index is 10.4. The molecule has 0 amide bonds. The predicted molar refractivity (Wildman–Crippen MR) is 59.8 cm³/mol. The Morgan fingerprint density at radius 3 is 1.44 bits per heavy atom. The topological polar surface area (TPSA) is 93.1 Å². The van der Waals surface area contributed by atoms with Gasteiger partial charge in [0.2, 0.25) is 0 Å². The van der Waals surface area contributed by atoms with Crippen LogP contribution in [-0.4, -0.2) is 23.0 Å². The van der Waals surface area contributed by atoms with Gasteiger partial charge in [-0.05, 0) is 37.5 Å². The Hall–Kier alpha value is 0.300. The Kier molecular flexibility index (Phi) is 6.81. The fraction of sp³-hybridized carbons (Fsp3) is 1.00. The van der Waals surface area contributed by atoms with Crippen molar-refractivity contribution in [2.75, 3.05) is 13.2 Å². The predicted octanol–water partition coefficient (Wildman–Crippen LogP) is 1.59. The molecule has 0 aromatic carbocycles. The quantitative estimate of drug-likeness (QED) is 0.713. The largest absolute Gasteiger partial charge is 0.326 e. The molecule has 1 aliphatic carbocycles. The number of hydrogen-bond donors (Lipinski definition) is 2. The van der Waals surface area contributed by atoms with E-state index in [2.05, 4.69) is 0 Å². The van der Waals surface area contributed by atoms with Gasteiger partial charge in [0, 0.05) is 0 Å². The third-order valence-corrected chi connectivity index (χ3v) is 3.68. The molecule has 2 unspecified atom stereocenters. The van der Waals surface area contributed by atoms with Gasteiger partial charge < -0.3 is 18.8 Å². The monoisotopic (exact) mass is 272 g/mol. The minimum absolute atomic E-state index is 0.323. The van der Waals surface area contributed by atoms with Crippen LogP contribution >= 0.6 is 16.5 Å². The van der Waals surface area contributed by atoms with Crippen molar-refractivity contribution in [2.45, 2.75) is 25.7 Å². The lowest BCUT2D eigenvalue weighted by atomic mass is 9.83. The molecule has 8 heteroatoms. The van der Waals surface area contributed by atoms with E-state index >= 15 is 0 Å². The van der Waals surface area contributed by atoms with Gasteiger partial charge in [-0.25, -0.2) is 0 Å². The molecule has 0 heterocycles. The van der Waals surface area contributed by atoms with Crippen LogP contribution in [0.1, 0.15) is 25.7 Å². The molecule has 0 aromatic heterocycles. The van der Waals surface area contributed by atoms with Crippen molar-refractivity contribution in [2.24, 2.45) is 11.8 Å². The third-order valence-electron chi connectivity index (χ3n) is 2.85. The minimum atomic E-state index is -2.81. The second-order valence-corrected chi connectivity index (χ2v) is 5.68. The van der Waals surface area contributed by atoms with Crippen LogP contribution in [0.4, 0.5) is 0 Å². The van der Waals surface area contributed by atoms with Crippen LogP contribution < -0.4 is 0 Å². The zero-order chi connectivity index (χ0) is 12.0. The molecule has 0 radical (unpaired) electrons. The normalized spacial score (nSPS) is 29.9. The highest BCUT2D eigenvalue weighted by Crippen LogP contribution is 2.32. The van der Waals surface area contributed by atoms with Crippen molar-refractivity contribution in [1.29, 1.82) is 0 Å². The van der Waals surface area contributed by atoms with Crippen LogP contribution in [0, 0.1) is 11.8 Å². The summed E-state index contributed by atoms with van der Waals surface area (Å²) >= 11 is 0. The van der Waals surface area contributed by atoms with Gasteiger partial charge in [0.25, 0.3) is 0 Å². The lowest BCUT2D eigenvalue weighted by molar-refractivity contribution is 0.142. The smallest absolute Gasteiger partial charge is 0.316 e. The molecule has 1 fully saturated rings. The fourth-order valence-corrected chi connectivity index (χ4v) is 2.70. The fourth-order valence-electron chi connectivity index (χ4n) is 1.94. The molecule has 16 heavy (non-hydrogen) atoms. The molecule has 0 aromatic rings. The van der Waals surface area contributed by atoms with Crippen molar-refractivity contribution in [3.63, 3.8) is 0 Å². The highest BCUT2D eigenvalue weighted by atomic mass is 31.1. The van der Waals surface area contributed by atoms with Crippen molar-refractivity contribution in [3.05, 3.63) is 0 Å². The van der Waals surface area contributed by atoms with Gasteiger partial charge in [-0.1, -0.05) is 0 Å². The molecule has 96 valence electrons. The minimum Gasteiger partial charge on any atom is -0.326 e. The average Bonchev–Trinajstić information content (AvgIpc) is 2.25. The molecule has 1 saturated carbocycles. The molecule has 2 atom stereocenters. The summed E-state index contributed by atoms with van der Waals surface area (Å²) in [6, 6.07) is 0. The standard InChI is InChI=1S/C8H18O6P2/c9-15(10)13-5-7-1-2-8(4-3-7)6-14-16(11)12/h7-8,15-16H,1-6H2,(H,9,10)(H,11,12). The van der Waals surface area contributed by atoms with Gasteiger partial charge in [-0.2, -0.15) is 0 Å². The van der Waals surface area contributed by atoms with Gasteiger partial charge >= 0.3 is 16.5 Å². The SMILES string of the molecule is O=[PH](O)OCC1CCC(CO[PH](=O)O)CC1. The first-order chi connectivity index (χ1) is 7.58. The lowest BCUT2D eigenvalue weighted by Crippen LogP contribution is -2.20. The maximum Gasteiger partial charge on any atom is 0.316 e. The Bertz CT molecular complexity index is 225. The molecule has 6 nitrogen and oxygen atoms in total. The van der Waals surface area contributed by atoms with E-state index in [0.29, 0.717) is 25.0 Å². The molecule has 2 N–H and O–H groups in total. The van der Waals surface area contributed by atoms with Gasteiger partial charge in [0.05, 0.1) is 13.2 Å². The summed E-state index contributed by atoms with van der Waals surface area (Å²) in [4.78, 5) is 17.1. The highest BCUT2D eigenvalue weighted by molar-refractivity contribution is 7.32. The number of rotatable bonds is 6. The van der Waals surface area contributed by atoms with Gasteiger partial charge in [0.1, 0.15) is 0 Å². The second-order valence-electron chi connectivity index (χ2n) is 4.04. The Morgan fingerprint density at radius 1 is 0.875 bits per heavy atom. The summed E-state index contributed by atoms with van der Waals surface area (Å²) in [5, 5.41) is 0. The van der Waals surface area contributed by atoms with Crippen LogP contribution in [0.25, 0.3) is 0 Å². The van der Waals surface area contributed by atoms with Crippen molar-refractivity contribution >= 4 is 16.5 Å². The van der Waals surface area contributed by atoms with Gasteiger partial charge in [0.15, 0.2) is 0 Å². The summed E-state index contributed by atoms with van der Waals surface area (Å²) in [5.41, 5.74) is 0. The Labute approximate surface area is 95.9 Å². The zero-order valence-electron chi connectivity index (χ0n) is 8.92. The first-order valence-electron chi connectivity index (χ1n) is 5.29. The van der Waals surface area contributed by atoms with Crippen molar-refractivity contribution < 1.29 is 28.0 Å². The van der Waals surface area contributed by atoms with Crippen molar-refractivity contribution in [1.82, 2.24) is 0 Å². The van der Waals surface area contributed by atoms with Crippen LogP contribution in [0.5, 0.6) is 0 Å². The molecule has 0 spiro atoms. The van der Waals surface area contributed by atoms with E-state index in [9.17, 15) is 9.13 Å². The molecular weight excluding hydrogens is 254 g/mol. The Balaban J connectivity index is 2.13. The van der Waals surface area contributed by atoms with Crippen LogP contribution in [0.15, 0.2) is 0 Å². The molecule has 0 aliphatic heterocycles. The van der Waals surface area contributed by atoms with Gasteiger partial charge in [-0.3, -0.25) is 9.13 Å². The zero-order valence-corrected chi connectivity index (χ0v) is 10.9. The second kappa shape index (κ2) is 7.59. The van der Waals surface area contributed by atoms with E-state index in [0.717, 1.165) is 25.7 Å². The lowest BCUT2D eigenvalue weighted by Gasteiger charge is -2.27. The van der Waals surface area contributed by atoms with E-state index in [1.165, 1.54) is 0 Å². The maximum atomic E-state index is 10.4. The first-order valence-corrected chi connectivity index (χ1v) is 7.82. The molecule has 0 bridgehead atoms. The third kappa shape index (κ3) is 6.14. The molecule has 1 rings (SSSR count). The van der Waals surface area contributed by atoms with Crippen LogP contribution in [-0.2, 0) is 18.2 Å². The summed E-state index contributed by atoms with van der Waals surface area (Å²) < 4.78 is 30.1. The van der Waals surface area contributed by atoms with E-state index in [1.807, 2.05) is 0 Å². The van der Waals surface area contributed by atoms with E-state index in [-0.39, 0.29) is 0 Å². The molecule has 0 saturated heterocycles. The highest BCUT2D eigenvalue weighted by Gasteiger charge is 2.22. The first kappa shape index (κ1) is 14.4. The Morgan fingerprint density at radius 2 is 1.19 bits per heavy atom. The van der Waals surface area contributed by atoms with Crippen LogP contribution in [0.2, 0.25) is 0 Å². The number of hydrogen-bond acceptors (Lipinski definition) is 4. The summed E-state index contributed by atoms with van der Waals surface area (Å²) in [6.07, 6.45) is 3.65. The van der Waals surface area contributed by atoms with Gasteiger partial charge in [-0.15, -0.1) is 0 Å². The summed E-state index contributed by atoms with van der Waals surface area (Å²) in [6.45, 7) is 0.664. The summed E-state index contributed by atoms with van der Waals surface area (Å²) in [7, 11) is -5.63. The average molecular weight is 272 g/mol. The van der Waals surface area contributed by atoms with E-state index < -0.39 is 16.5 Å². The van der Waals surface area contributed by atoms with E-state index in [1.54, 1.807) is 0 Å².